The van der Waals surface area contributed by atoms with Crippen LogP contribution >= 0.6 is 27.7 Å². The molecule has 1 amide bonds. The average Bonchev–Trinajstić information content (AvgIpc) is 3.12. The molecular formula is C23H26BrFN4O2S. The summed E-state index contributed by atoms with van der Waals surface area (Å²) < 4.78 is 22.7. The van der Waals surface area contributed by atoms with Crippen LogP contribution in [0.15, 0.2) is 52.1 Å². The van der Waals surface area contributed by atoms with Crippen LogP contribution in [0.2, 0.25) is 0 Å². The van der Waals surface area contributed by atoms with Crippen molar-refractivity contribution in [2.75, 3.05) is 11.1 Å². The number of benzene rings is 2. The predicted molar refractivity (Wildman–Crippen MR) is 129 cm³/mol. The molecule has 0 aliphatic carbocycles. The third-order valence-corrected chi connectivity index (χ3v) is 6.05. The van der Waals surface area contributed by atoms with Gasteiger partial charge in [-0.15, -0.1) is 10.2 Å². The summed E-state index contributed by atoms with van der Waals surface area (Å²) in [5, 5.41) is 12.1. The van der Waals surface area contributed by atoms with Crippen molar-refractivity contribution in [1.29, 1.82) is 0 Å². The van der Waals surface area contributed by atoms with Gasteiger partial charge in [0.25, 0.3) is 0 Å². The van der Waals surface area contributed by atoms with Crippen LogP contribution in [0, 0.1) is 18.7 Å². The van der Waals surface area contributed by atoms with Crippen LogP contribution in [0.1, 0.15) is 38.3 Å². The molecule has 1 heterocycles. The van der Waals surface area contributed by atoms with Crippen molar-refractivity contribution in [3.63, 3.8) is 0 Å². The van der Waals surface area contributed by atoms with Gasteiger partial charge < -0.3 is 14.6 Å². The summed E-state index contributed by atoms with van der Waals surface area (Å²) in [6.45, 7) is 8.58. The lowest BCUT2D eigenvalue weighted by molar-refractivity contribution is -0.113. The highest BCUT2D eigenvalue weighted by Crippen LogP contribution is 2.27. The summed E-state index contributed by atoms with van der Waals surface area (Å²) in [4.78, 5) is 12.5. The molecule has 0 fully saturated rings. The first-order valence-corrected chi connectivity index (χ1v) is 12.1. The summed E-state index contributed by atoms with van der Waals surface area (Å²) in [5.41, 5.74) is 1.75. The zero-order valence-corrected chi connectivity index (χ0v) is 20.8. The molecule has 3 aromatic rings. The summed E-state index contributed by atoms with van der Waals surface area (Å²) >= 11 is 4.74. The van der Waals surface area contributed by atoms with E-state index in [-0.39, 0.29) is 17.4 Å². The van der Waals surface area contributed by atoms with E-state index in [2.05, 4.69) is 45.3 Å². The topological polar surface area (TPSA) is 69.0 Å². The first-order chi connectivity index (χ1) is 15.2. The van der Waals surface area contributed by atoms with Gasteiger partial charge in [-0.25, -0.2) is 4.39 Å². The maximum absolute atomic E-state index is 14.0. The van der Waals surface area contributed by atoms with Gasteiger partial charge >= 0.3 is 0 Å². The number of hydrogen-bond donors (Lipinski definition) is 1. The van der Waals surface area contributed by atoms with Crippen molar-refractivity contribution in [2.24, 2.45) is 5.92 Å². The minimum atomic E-state index is -0.508. The van der Waals surface area contributed by atoms with Gasteiger partial charge in [0.05, 0.1) is 5.75 Å². The number of thioether (sulfide) groups is 1. The number of aryl methyl sites for hydroxylation is 1. The first-order valence-electron chi connectivity index (χ1n) is 10.3. The van der Waals surface area contributed by atoms with Crippen LogP contribution in [0.4, 0.5) is 10.1 Å². The zero-order valence-electron chi connectivity index (χ0n) is 18.4. The van der Waals surface area contributed by atoms with E-state index in [4.69, 9.17) is 4.74 Å². The second kappa shape index (κ2) is 11.0. The smallest absolute Gasteiger partial charge is 0.234 e. The Bertz CT molecular complexity index is 1090. The fourth-order valence-corrected chi connectivity index (χ4v) is 4.34. The van der Waals surface area contributed by atoms with Crippen LogP contribution in [-0.4, -0.2) is 26.4 Å². The quantitative estimate of drug-likeness (QED) is 0.349. The van der Waals surface area contributed by atoms with Crippen LogP contribution in [0.3, 0.4) is 0 Å². The fraction of sp³-hybridized carbons (Fsp3) is 0.348. The molecule has 2 aromatic carbocycles. The molecule has 1 atom stereocenters. The molecule has 0 saturated carbocycles. The fourth-order valence-electron chi connectivity index (χ4n) is 3.11. The van der Waals surface area contributed by atoms with Gasteiger partial charge in [0, 0.05) is 16.7 Å². The van der Waals surface area contributed by atoms with Gasteiger partial charge in [0.15, 0.2) is 28.7 Å². The molecule has 0 saturated heterocycles. The molecule has 3 rings (SSSR count). The number of halogens is 2. The number of hydrogen-bond acceptors (Lipinski definition) is 5. The Morgan fingerprint density at radius 3 is 2.66 bits per heavy atom. The molecule has 1 N–H and O–H groups in total. The Kier molecular flexibility index (Phi) is 8.31. The summed E-state index contributed by atoms with van der Waals surface area (Å²) in [5.74, 6) is 0.713. The van der Waals surface area contributed by atoms with Gasteiger partial charge in [-0.05, 0) is 55.7 Å². The normalized spacial score (nSPS) is 12.1. The van der Waals surface area contributed by atoms with Gasteiger partial charge in [-0.1, -0.05) is 53.7 Å². The lowest BCUT2D eigenvalue weighted by Crippen LogP contribution is -2.17. The molecule has 0 spiro atoms. The largest absolute Gasteiger partial charge is 0.480 e. The molecule has 9 heteroatoms. The Morgan fingerprint density at radius 1 is 1.22 bits per heavy atom. The Morgan fingerprint density at radius 2 is 1.97 bits per heavy atom. The molecule has 1 unspecified atom stereocenters. The lowest BCUT2D eigenvalue weighted by Gasteiger charge is -2.18. The van der Waals surface area contributed by atoms with Gasteiger partial charge in [-0.2, -0.15) is 0 Å². The van der Waals surface area contributed by atoms with Crippen molar-refractivity contribution in [2.45, 2.75) is 45.5 Å². The van der Waals surface area contributed by atoms with E-state index >= 15 is 0 Å². The number of para-hydroxylation sites is 1. The van der Waals surface area contributed by atoms with E-state index in [0.29, 0.717) is 23.4 Å². The number of carbonyl (C=O) groups excluding carboxylic acids is 1. The molecule has 0 bridgehead atoms. The van der Waals surface area contributed by atoms with Crippen molar-refractivity contribution in [3.8, 4) is 5.75 Å². The number of rotatable bonds is 9. The van der Waals surface area contributed by atoms with Crippen molar-refractivity contribution < 1.29 is 13.9 Å². The van der Waals surface area contributed by atoms with E-state index in [1.165, 1.54) is 17.8 Å². The minimum absolute atomic E-state index is 0.128. The highest BCUT2D eigenvalue weighted by molar-refractivity contribution is 9.10. The second-order valence-corrected chi connectivity index (χ2v) is 9.69. The summed E-state index contributed by atoms with van der Waals surface area (Å²) in [7, 11) is 0. The van der Waals surface area contributed by atoms with Crippen LogP contribution in [-0.2, 0) is 11.3 Å². The number of nitrogens with one attached hydrogen (secondary N) is 1. The minimum Gasteiger partial charge on any atom is -0.480 e. The molecule has 0 aliphatic heterocycles. The molecule has 170 valence electrons. The average molecular weight is 521 g/mol. The zero-order chi connectivity index (χ0) is 23.3. The van der Waals surface area contributed by atoms with E-state index in [9.17, 15) is 9.18 Å². The first kappa shape index (κ1) is 24.3. The Hall–Kier alpha value is -2.39. The molecule has 6 nitrogen and oxygen atoms in total. The van der Waals surface area contributed by atoms with Gasteiger partial charge in [0.1, 0.15) is 0 Å². The number of amides is 1. The number of anilines is 1. The second-order valence-electron chi connectivity index (χ2n) is 7.83. The standard InChI is InChI=1S/C23H26BrFN4O2S/c1-14(2)12-29-22(16(4)31-20-8-6-5-7-18(20)25)27-28-23(29)32-13-21(30)26-19-10-9-17(24)11-15(19)3/h5-11,14,16H,12-13H2,1-4H3,(H,26,30). The van der Waals surface area contributed by atoms with Crippen molar-refractivity contribution >= 4 is 39.3 Å². The monoisotopic (exact) mass is 520 g/mol. The maximum Gasteiger partial charge on any atom is 0.234 e. The Labute approximate surface area is 200 Å². The van der Waals surface area contributed by atoms with Crippen LogP contribution in [0.5, 0.6) is 5.75 Å². The number of carbonyl (C=O) groups is 1. The maximum atomic E-state index is 14.0. The SMILES string of the molecule is Cc1cc(Br)ccc1NC(=O)CSc1nnc(C(C)Oc2ccccc2F)n1CC(C)C. The molecule has 32 heavy (non-hydrogen) atoms. The molecular weight excluding hydrogens is 495 g/mol. The number of aromatic nitrogens is 3. The Balaban J connectivity index is 1.71. The van der Waals surface area contributed by atoms with Crippen LogP contribution in [0.25, 0.3) is 0 Å². The third kappa shape index (κ3) is 6.32. The molecule has 1 aromatic heterocycles. The number of nitrogens with zero attached hydrogens (tertiary/aromatic N) is 3. The van der Waals surface area contributed by atoms with Gasteiger partial charge in [0.2, 0.25) is 5.91 Å². The molecule has 0 radical (unpaired) electrons. The lowest BCUT2D eigenvalue weighted by atomic mass is 10.2. The highest BCUT2D eigenvalue weighted by atomic mass is 79.9. The van der Waals surface area contributed by atoms with E-state index < -0.39 is 11.9 Å². The van der Waals surface area contributed by atoms with Crippen LogP contribution < -0.4 is 10.1 Å². The predicted octanol–water partition coefficient (Wildman–Crippen LogP) is 6.01. The molecule has 0 aliphatic rings. The van der Waals surface area contributed by atoms with Crippen molar-refractivity contribution in [3.05, 3.63) is 64.1 Å². The van der Waals surface area contributed by atoms with E-state index in [1.54, 1.807) is 18.2 Å². The van der Waals surface area contributed by atoms with Crippen molar-refractivity contribution in [1.82, 2.24) is 14.8 Å². The number of ether oxygens (including phenoxy) is 1. The van der Waals surface area contributed by atoms with E-state index in [0.717, 1.165) is 15.7 Å². The van der Waals surface area contributed by atoms with E-state index in [1.807, 2.05) is 36.6 Å². The third-order valence-electron chi connectivity index (χ3n) is 4.59. The highest BCUT2D eigenvalue weighted by Gasteiger charge is 2.22. The van der Waals surface area contributed by atoms with Gasteiger partial charge in [-0.3, -0.25) is 4.79 Å². The summed E-state index contributed by atoms with van der Waals surface area (Å²) in [6, 6.07) is 12.0. The summed E-state index contributed by atoms with van der Waals surface area (Å²) in [6.07, 6.45) is -0.508.